The molecule has 1 heterocycles. The van der Waals surface area contributed by atoms with Crippen molar-refractivity contribution in [3.05, 3.63) is 25.5 Å². The zero-order valence-corrected chi connectivity index (χ0v) is 11.9. The lowest BCUT2D eigenvalue weighted by atomic mass is 10.1. The number of rotatable bonds is 3. The molecule has 0 amide bonds. The fourth-order valence-electron chi connectivity index (χ4n) is 1.14. The Morgan fingerprint density at radius 2 is 2.31 bits per heavy atom. The number of carbonyl (C=O) groups excluding carboxylic acids is 1. The molecule has 0 aromatic carbocycles. The van der Waals surface area contributed by atoms with Gasteiger partial charge >= 0.3 is 5.97 Å². The van der Waals surface area contributed by atoms with Gasteiger partial charge < -0.3 is 4.74 Å². The quantitative estimate of drug-likeness (QED) is 0.440. The first-order chi connectivity index (χ1) is 7.47. The molecule has 0 fully saturated rings. The number of nitrogens with zero attached hydrogens (tertiary/aromatic N) is 1. The Labute approximate surface area is 113 Å². The van der Waals surface area contributed by atoms with Crippen molar-refractivity contribution in [1.29, 1.82) is 0 Å². The van der Waals surface area contributed by atoms with Gasteiger partial charge in [0.15, 0.2) is 0 Å². The van der Waals surface area contributed by atoms with E-state index in [-0.39, 0.29) is 22.2 Å². The van der Waals surface area contributed by atoms with E-state index in [1.54, 1.807) is 22.6 Å². The zero-order chi connectivity index (χ0) is 12.3. The van der Waals surface area contributed by atoms with E-state index >= 15 is 0 Å². The monoisotopic (exact) mass is 405 g/mol. The minimum absolute atomic E-state index is 0.173. The van der Waals surface area contributed by atoms with Crippen molar-refractivity contribution in [2.45, 2.75) is 12.8 Å². The summed E-state index contributed by atoms with van der Waals surface area (Å²) < 4.78 is 30.7. The maximum absolute atomic E-state index is 12.8. The highest BCUT2D eigenvalue weighted by Crippen LogP contribution is 2.31. The van der Waals surface area contributed by atoms with Crippen LogP contribution in [0.25, 0.3) is 0 Å². The van der Waals surface area contributed by atoms with Crippen molar-refractivity contribution in [2.24, 2.45) is 0 Å². The lowest BCUT2D eigenvalue weighted by Crippen LogP contribution is -2.10. The highest BCUT2D eigenvalue weighted by molar-refractivity contribution is 14.1. The predicted octanol–water partition coefficient (Wildman–Crippen LogP) is 3.10. The van der Waals surface area contributed by atoms with Crippen LogP contribution < -0.4 is 0 Å². The number of ether oxygens (including phenoxy) is 1. The number of hydrogen-bond donors (Lipinski definition) is 0. The van der Waals surface area contributed by atoms with Crippen LogP contribution in [0.4, 0.5) is 8.78 Å². The summed E-state index contributed by atoms with van der Waals surface area (Å²) >= 11 is 4.81. The Kier molecular flexibility index (Phi) is 5.03. The van der Waals surface area contributed by atoms with Gasteiger partial charge in [-0.05, 0) is 38.5 Å². The largest absolute Gasteiger partial charge is 0.469 e. The van der Waals surface area contributed by atoms with E-state index < -0.39 is 12.4 Å². The molecule has 0 saturated carbocycles. The Morgan fingerprint density at radius 3 is 2.81 bits per heavy atom. The summed E-state index contributed by atoms with van der Waals surface area (Å²) in [4.78, 5) is 15.0. The van der Waals surface area contributed by atoms with Crippen molar-refractivity contribution in [3.63, 3.8) is 0 Å². The van der Waals surface area contributed by atoms with E-state index in [1.807, 2.05) is 0 Å². The van der Waals surface area contributed by atoms with Gasteiger partial charge in [0, 0.05) is 20.9 Å². The Morgan fingerprint density at radius 1 is 1.69 bits per heavy atom. The van der Waals surface area contributed by atoms with Crippen LogP contribution in [-0.2, 0) is 16.0 Å². The Bertz CT molecular complexity index is 415. The number of alkyl halides is 2. The predicted molar refractivity (Wildman–Crippen MR) is 65.3 cm³/mol. The summed E-state index contributed by atoms with van der Waals surface area (Å²) in [5.41, 5.74) is 0.00150. The maximum Gasteiger partial charge on any atom is 0.310 e. The molecule has 0 aliphatic heterocycles. The van der Waals surface area contributed by atoms with Crippen LogP contribution in [-0.4, -0.2) is 18.1 Å². The molecule has 0 saturated heterocycles. The molecule has 16 heavy (non-hydrogen) atoms. The third-order valence-electron chi connectivity index (χ3n) is 1.89. The van der Waals surface area contributed by atoms with Gasteiger partial charge in [-0.3, -0.25) is 4.79 Å². The normalized spacial score (nSPS) is 10.6. The van der Waals surface area contributed by atoms with E-state index in [2.05, 4.69) is 25.7 Å². The molecule has 0 spiro atoms. The van der Waals surface area contributed by atoms with E-state index in [0.29, 0.717) is 3.57 Å². The summed E-state index contributed by atoms with van der Waals surface area (Å²) in [6, 6.07) is 0. The van der Waals surface area contributed by atoms with E-state index in [0.717, 1.165) is 0 Å². The number of hydrogen-bond acceptors (Lipinski definition) is 3. The number of carbonyl (C=O) groups is 1. The van der Waals surface area contributed by atoms with Crippen molar-refractivity contribution >= 4 is 44.5 Å². The first kappa shape index (κ1) is 13.8. The average molecular weight is 406 g/mol. The lowest BCUT2D eigenvalue weighted by Gasteiger charge is -2.11. The Balaban J connectivity index is 3.23. The van der Waals surface area contributed by atoms with E-state index in [9.17, 15) is 13.6 Å². The molecule has 1 aromatic heterocycles. The number of halogens is 4. The van der Waals surface area contributed by atoms with E-state index in [1.165, 1.54) is 13.3 Å². The third-order valence-corrected chi connectivity index (χ3v) is 3.43. The van der Waals surface area contributed by atoms with Crippen LogP contribution >= 0.6 is 38.5 Å². The van der Waals surface area contributed by atoms with Gasteiger partial charge in [-0.1, -0.05) is 0 Å². The van der Waals surface area contributed by atoms with Crippen LogP contribution in [0.15, 0.2) is 10.8 Å². The van der Waals surface area contributed by atoms with Crippen molar-refractivity contribution in [2.75, 3.05) is 7.11 Å². The molecule has 1 rings (SSSR count). The van der Waals surface area contributed by atoms with E-state index in [4.69, 9.17) is 0 Å². The molecule has 0 atom stereocenters. The molecule has 0 aliphatic carbocycles. The van der Waals surface area contributed by atoms with Crippen LogP contribution in [0, 0.1) is 3.57 Å². The van der Waals surface area contributed by atoms with Gasteiger partial charge in [0.25, 0.3) is 6.43 Å². The molecular formula is C9H7BrF2INO2. The second-order valence-electron chi connectivity index (χ2n) is 2.84. The van der Waals surface area contributed by atoms with Gasteiger partial charge in [-0.15, -0.1) is 0 Å². The molecule has 88 valence electrons. The summed E-state index contributed by atoms with van der Waals surface area (Å²) in [5.74, 6) is -0.577. The molecule has 0 unspecified atom stereocenters. The number of methoxy groups -OCH3 is 1. The van der Waals surface area contributed by atoms with Crippen molar-refractivity contribution in [1.82, 2.24) is 4.98 Å². The molecule has 0 radical (unpaired) electrons. The van der Waals surface area contributed by atoms with Gasteiger partial charge in [0.2, 0.25) is 0 Å². The summed E-state index contributed by atoms with van der Waals surface area (Å²) in [6.45, 7) is 0. The van der Waals surface area contributed by atoms with Crippen molar-refractivity contribution < 1.29 is 18.3 Å². The summed E-state index contributed by atoms with van der Waals surface area (Å²) in [5, 5.41) is 0. The zero-order valence-electron chi connectivity index (χ0n) is 8.14. The van der Waals surface area contributed by atoms with Gasteiger partial charge in [0.1, 0.15) is 4.60 Å². The highest BCUT2D eigenvalue weighted by Gasteiger charge is 2.22. The standard InChI is InChI=1S/C9H7BrF2INO2/c1-16-6(15)2-4-7(9(11)12)5(13)3-14-8(4)10/h3,9H,2H2,1H3. The molecule has 0 bridgehead atoms. The lowest BCUT2D eigenvalue weighted by molar-refractivity contribution is -0.139. The van der Waals surface area contributed by atoms with Crippen LogP contribution in [0.5, 0.6) is 0 Å². The van der Waals surface area contributed by atoms with Gasteiger partial charge in [0.05, 0.1) is 13.5 Å². The van der Waals surface area contributed by atoms with Crippen LogP contribution in [0.1, 0.15) is 17.6 Å². The molecule has 3 nitrogen and oxygen atoms in total. The first-order valence-electron chi connectivity index (χ1n) is 4.15. The average Bonchev–Trinajstić information content (AvgIpc) is 2.22. The topological polar surface area (TPSA) is 39.2 Å². The minimum Gasteiger partial charge on any atom is -0.469 e. The SMILES string of the molecule is COC(=O)Cc1c(Br)ncc(I)c1C(F)F. The summed E-state index contributed by atoms with van der Waals surface area (Å²) in [7, 11) is 1.21. The molecule has 7 heteroatoms. The first-order valence-corrected chi connectivity index (χ1v) is 6.02. The summed E-state index contributed by atoms with van der Waals surface area (Å²) in [6.07, 6.45) is -1.54. The minimum atomic E-state index is -2.65. The van der Waals surface area contributed by atoms with Gasteiger partial charge in [-0.25, -0.2) is 13.8 Å². The third kappa shape index (κ3) is 3.09. The molecular weight excluding hydrogens is 399 g/mol. The molecule has 0 N–H and O–H groups in total. The second kappa shape index (κ2) is 5.85. The number of esters is 1. The maximum atomic E-state index is 12.8. The number of pyridine rings is 1. The van der Waals surface area contributed by atoms with Crippen LogP contribution in [0.3, 0.4) is 0 Å². The fraction of sp³-hybridized carbons (Fsp3) is 0.333. The smallest absolute Gasteiger partial charge is 0.310 e. The Hall–Kier alpha value is -0.310. The fourth-order valence-corrected chi connectivity index (χ4v) is 2.29. The molecule has 0 aliphatic rings. The second-order valence-corrected chi connectivity index (χ2v) is 4.76. The molecule has 1 aromatic rings. The van der Waals surface area contributed by atoms with Crippen molar-refractivity contribution in [3.8, 4) is 0 Å². The van der Waals surface area contributed by atoms with Crippen LogP contribution in [0.2, 0.25) is 0 Å². The van der Waals surface area contributed by atoms with Gasteiger partial charge in [-0.2, -0.15) is 0 Å². The highest BCUT2D eigenvalue weighted by atomic mass is 127. The number of aromatic nitrogens is 1.